The lowest BCUT2D eigenvalue weighted by atomic mass is 9.96. The number of sulfonamides is 1. The molecule has 1 N–H and O–H groups in total. The van der Waals surface area contributed by atoms with Crippen molar-refractivity contribution in [2.24, 2.45) is 0 Å². The topological polar surface area (TPSA) is 53.2 Å². The average molecular weight is 354 g/mol. The summed E-state index contributed by atoms with van der Waals surface area (Å²) < 4.78 is 27.6. The zero-order chi connectivity index (χ0) is 17.4. The van der Waals surface area contributed by atoms with Crippen molar-refractivity contribution < 1.29 is 8.42 Å². The van der Waals surface area contributed by atoms with Gasteiger partial charge in [-0.2, -0.15) is 4.31 Å². The molecule has 0 aliphatic carbocycles. The third-order valence-corrected chi connectivity index (χ3v) is 6.91. The highest BCUT2D eigenvalue weighted by Gasteiger charge is 2.31. The third-order valence-electron chi connectivity index (χ3n) is 5.03. The molecule has 5 heteroatoms. The molecular weight excluding hydrogens is 332 g/mol. The molecule has 2 aromatic carbocycles. The molecule has 0 saturated carbocycles. The van der Waals surface area contributed by atoms with Crippen molar-refractivity contribution in [1.82, 2.24) is 9.29 Å². The molecule has 3 aromatic rings. The van der Waals surface area contributed by atoms with Gasteiger partial charge in [0.25, 0.3) is 0 Å². The van der Waals surface area contributed by atoms with Crippen LogP contribution in [0.25, 0.3) is 10.9 Å². The molecule has 1 aliphatic heterocycles. The van der Waals surface area contributed by atoms with E-state index in [1.165, 1.54) is 5.39 Å². The quantitative estimate of drug-likeness (QED) is 0.771. The minimum Gasteiger partial charge on any atom is -0.358 e. The van der Waals surface area contributed by atoms with E-state index in [4.69, 9.17) is 0 Å². The molecular formula is C20H22N2O2S. The summed E-state index contributed by atoms with van der Waals surface area (Å²) >= 11 is 0. The highest BCUT2D eigenvalue weighted by atomic mass is 32.2. The van der Waals surface area contributed by atoms with E-state index in [0.717, 1.165) is 29.6 Å². The Balaban J connectivity index is 1.61. The van der Waals surface area contributed by atoms with Gasteiger partial charge in [0.2, 0.25) is 10.0 Å². The van der Waals surface area contributed by atoms with Crippen LogP contribution >= 0.6 is 0 Å². The minimum absolute atomic E-state index is 0.210. The zero-order valence-electron chi connectivity index (χ0n) is 14.3. The van der Waals surface area contributed by atoms with E-state index in [9.17, 15) is 8.42 Å². The normalized spacial score (nSPS) is 19.3. The van der Waals surface area contributed by atoms with E-state index in [2.05, 4.69) is 23.2 Å². The molecule has 1 fully saturated rings. The summed E-state index contributed by atoms with van der Waals surface area (Å²) in [7, 11) is -3.43. The summed E-state index contributed by atoms with van der Waals surface area (Å²) in [5.41, 5.74) is 3.30. The number of hydrogen-bond donors (Lipinski definition) is 1. The number of benzene rings is 2. The number of hydrogen-bond acceptors (Lipinski definition) is 2. The third kappa shape index (κ3) is 3.10. The molecule has 0 spiro atoms. The van der Waals surface area contributed by atoms with Gasteiger partial charge >= 0.3 is 0 Å². The highest BCUT2D eigenvalue weighted by molar-refractivity contribution is 7.89. The number of nitrogens with zero attached hydrogens (tertiary/aromatic N) is 1. The first-order valence-electron chi connectivity index (χ1n) is 8.68. The van der Waals surface area contributed by atoms with Crippen LogP contribution < -0.4 is 0 Å². The Morgan fingerprint density at radius 1 is 1.08 bits per heavy atom. The Hall–Kier alpha value is -2.11. The fraction of sp³-hybridized carbons (Fsp3) is 0.300. The second-order valence-corrected chi connectivity index (χ2v) is 8.77. The van der Waals surface area contributed by atoms with Crippen LogP contribution in [-0.4, -0.2) is 30.8 Å². The van der Waals surface area contributed by atoms with Crippen LogP contribution in [-0.2, 0) is 10.0 Å². The van der Waals surface area contributed by atoms with Gasteiger partial charge in [0, 0.05) is 30.2 Å². The lowest BCUT2D eigenvalue weighted by Crippen LogP contribution is -2.39. The molecule has 1 unspecified atom stereocenters. The van der Waals surface area contributed by atoms with E-state index in [1.54, 1.807) is 16.4 Å². The van der Waals surface area contributed by atoms with Crippen LogP contribution in [0, 0.1) is 6.92 Å². The molecule has 1 aliphatic rings. The van der Waals surface area contributed by atoms with Crippen molar-refractivity contribution in [3.63, 3.8) is 0 Å². The lowest BCUT2D eigenvalue weighted by molar-refractivity contribution is 0.313. The average Bonchev–Trinajstić information content (AvgIpc) is 3.06. The van der Waals surface area contributed by atoms with Crippen molar-refractivity contribution in [2.45, 2.75) is 30.6 Å². The molecule has 4 nitrogen and oxygen atoms in total. The van der Waals surface area contributed by atoms with Gasteiger partial charge in [0.15, 0.2) is 0 Å². The van der Waals surface area contributed by atoms with Crippen molar-refractivity contribution >= 4 is 20.9 Å². The van der Waals surface area contributed by atoms with E-state index >= 15 is 0 Å². The van der Waals surface area contributed by atoms with Crippen molar-refractivity contribution in [3.8, 4) is 0 Å². The predicted octanol–water partition coefficient (Wildman–Crippen LogP) is 4.04. The summed E-state index contributed by atoms with van der Waals surface area (Å²) in [5, 5.41) is 1.18. The van der Waals surface area contributed by atoms with Crippen LogP contribution in [0.5, 0.6) is 0 Å². The second-order valence-electron chi connectivity index (χ2n) is 6.83. The fourth-order valence-electron chi connectivity index (χ4n) is 3.59. The van der Waals surface area contributed by atoms with Crippen molar-refractivity contribution in [1.29, 1.82) is 0 Å². The first-order chi connectivity index (χ1) is 12.0. The summed E-state index contributed by atoms with van der Waals surface area (Å²) in [4.78, 5) is 3.85. The molecule has 130 valence electrons. The Morgan fingerprint density at radius 2 is 1.84 bits per heavy atom. The van der Waals surface area contributed by atoms with Crippen molar-refractivity contribution in [3.05, 3.63) is 65.9 Å². The van der Waals surface area contributed by atoms with Crippen LogP contribution in [0.1, 0.15) is 30.0 Å². The maximum atomic E-state index is 13.0. The van der Waals surface area contributed by atoms with Gasteiger partial charge in [0.05, 0.1) is 4.90 Å². The summed E-state index contributed by atoms with van der Waals surface area (Å²) in [6.07, 6.45) is 1.89. The maximum Gasteiger partial charge on any atom is 0.243 e. The van der Waals surface area contributed by atoms with Crippen LogP contribution in [0.3, 0.4) is 0 Å². The first kappa shape index (κ1) is 16.4. The summed E-state index contributed by atoms with van der Waals surface area (Å²) in [6, 6.07) is 17.4. The Bertz CT molecular complexity index is 957. The number of aryl methyl sites for hydroxylation is 1. The van der Waals surface area contributed by atoms with E-state index in [-0.39, 0.29) is 5.92 Å². The van der Waals surface area contributed by atoms with Crippen LogP contribution in [0.2, 0.25) is 0 Å². The molecule has 25 heavy (non-hydrogen) atoms. The Kier molecular flexibility index (Phi) is 4.13. The number of fused-ring (bicyclic) bond motifs is 1. The highest BCUT2D eigenvalue weighted by Crippen LogP contribution is 2.31. The number of aromatic nitrogens is 1. The molecule has 0 radical (unpaired) electrons. The first-order valence-corrected chi connectivity index (χ1v) is 10.1. The standard InChI is InChI=1S/C20H22N2O2S/c1-15-8-10-18(11-9-15)25(23,24)22-12-4-6-17(14-22)20-13-16-5-2-3-7-19(16)21-20/h2-3,5,7-11,13,17,21H,4,6,12,14H2,1H3. The smallest absolute Gasteiger partial charge is 0.243 e. The number of piperidine rings is 1. The number of H-pyrrole nitrogens is 1. The van der Waals surface area contributed by atoms with Crippen LogP contribution in [0.15, 0.2) is 59.5 Å². The minimum atomic E-state index is -3.43. The lowest BCUT2D eigenvalue weighted by Gasteiger charge is -2.31. The zero-order valence-corrected chi connectivity index (χ0v) is 15.1. The predicted molar refractivity (Wildman–Crippen MR) is 100 cm³/mol. The monoisotopic (exact) mass is 354 g/mol. The molecule has 1 aromatic heterocycles. The largest absolute Gasteiger partial charge is 0.358 e. The molecule has 0 bridgehead atoms. The SMILES string of the molecule is Cc1ccc(S(=O)(=O)N2CCCC(c3cc4ccccc4[nH]3)C2)cc1. The molecule has 4 rings (SSSR count). The number of rotatable bonds is 3. The molecule has 1 atom stereocenters. The number of para-hydroxylation sites is 1. The van der Waals surface area contributed by atoms with Gasteiger partial charge in [-0.1, -0.05) is 35.9 Å². The van der Waals surface area contributed by atoms with Crippen molar-refractivity contribution in [2.75, 3.05) is 13.1 Å². The van der Waals surface area contributed by atoms with E-state index in [0.29, 0.717) is 18.0 Å². The second kappa shape index (κ2) is 6.32. The van der Waals surface area contributed by atoms with Gasteiger partial charge in [-0.25, -0.2) is 8.42 Å². The molecule has 1 saturated heterocycles. The Labute approximate surface area is 148 Å². The number of nitrogens with one attached hydrogen (secondary N) is 1. The van der Waals surface area contributed by atoms with Gasteiger partial charge in [-0.05, 0) is 49.4 Å². The molecule has 2 heterocycles. The van der Waals surface area contributed by atoms with Gasteiger partial charge in [-0.3, -0.25) is 0 Å². The Morgan fingerprint density at radius 3 is 2.60 bits per heavy atom. The fourth-order valence-corrected chi connectivity index (χ4v) is 5.11. The van der Waals surface area contributed by atoms with Gasteiger partial charge < -0.3 is 4.98 Å². The van der Waals surface area contributed by atoms with E-state index in [1.807, 2.05) is 31.2 Å². The number of aromatic amines is 1. The summed E-state index contributed by atoms with van der Waals surface area (Å²) in [5.74, 6) is 0.210. The van der Waals surface area contributed by atoms with E-state index < -0.39 is 10.0 Å². The molecule has 0 amide bonds. The maximum absolute atomic E-state index is 13.0. The van der Waals surface area contributed by atoms with Crippen LogP contribution in [0.4, 0.5) is 0 Å². The summed E-state index contributed by atoms with van der Waals surface area (Å²) in [6.45, 7) is 3.08. The van der Waals surface area contributed by atoms with Gasteiger partial charge in [0.1, 0.15) is 0 Å². The van der Waals surface area contributed by atoms with Gasteiger partial charge in [-0.15, -0.1) is 0 Å².